The van der Waals surface area contributed by atoms with Crippen molar-refractivity contribution in [2.45, 2.75) is 150 Å². The Morgan fingerprint density at radius 3 is 2.33 bits per heavy atom. The molecular weight excluding hydrogens is 697 g/mol. The zero-order chi connectivity index (χ0) is 40.6. The Hall–Kier alpha value is -4.44. The smallest absolute Gasteiger partial charge is 0.249 e. The van der Waals surface area contributed by atoms with Crippen molar-refractivity contribution >= 4 is 29.5 Å². The zero-order valence-corrected chi connectivity index (χ0v) is 34.4. The summed E-state index contributed by atoms with van der Waals surface area (Å²) in [4.78, 5) is 55.3. The second kappa shape index (κ2) is 16.0. The number of nitrogens with zero attached hydrogens (tertiary/aromatic N) is 1. The second-order valence-electron chi connectivity index (χ2n) is 17.1. The van der Waals surface area contributed by atoms with Gasteiger partial charge in [0, 0.05) is 42.0 Å². The van der Waals surface area contributed by atoms with Crippen molar-refractivity contribution in [3.8, 4) is 17.2 Å². The van der Waals surface area contributed by atoms with Crippen LogP contribution < -0.4 is 15.2 Å². The van der Waals surface area contributed by atoms with Crippen LogP contribution in [0, 0.1) is 5.92 Å². The molecule has 10 nitrogen and oxygen atoms in total. The van der Waals surface area contributed by atoms with Gasteiger partial charge in [-0.05, 0) is 120 Å². The molecule has 0 saturated carbocycles. The van der Waals surface area contributed by atoms with Gasteiger partial charge in [-0.15, -0.1) is 0 Å². The van der Waals surface area contributed by atoms with E-state index in [2.05, 4.69) is 26.0 Å². The van der Waals surface area contributed by atoms with Crippen LogP contribution in [0.5, 0.6) is 17.2 Å². The number of fused-ring (bicyclic) bond motifs is 2. The number of benzene rings is 1. The molecule has 0 bridgehead atoms. The van der Waals surface area contributed by atoms with Crippen molar-refractivity contribution in [2.24, 2.45) is 11.7 Å². The highest BCUT2D eigenvalue weighted by Gasteiger charge is 2.52. The third-order valence-electron chi connectivity index (χ3n) is 11.7. The van der Waals surface area contributed by atoms with Crippen LogP contribution in [0.3, 0.4) is 0 Å². The summed E-state index contributed by atoms with van der Waals surface area (Å²) in [6.45, 7) is 19.6. The molecule has 0 radical (unpaired) electrons. The van der Waals surface area contributed by atoms with Crippen LogP contribution in [0.1, 0.15) is 136 Å². The number of rotatable bonds is 10. The highest BCUT2D eigenvalue weighted by atomic mass is 16.5. The van der Waals surface area contributed by atoms with E-state index in [1.54, 1.807) is 32.9 Å². The molecule has 0 aromatic heterocycles. The number of ether oxygens (including phenoxy) is 3. The summed E-state index contributed by atoms with van der Waals surface area (Å²) < 4.78 is 20.5. The summed E-state index contributed by atoms with van der Waals surface area (Å²) in [6, 6.07) is -0.638. The molecule has 5 rings (SSSR count). The maximum atomic E-state index is 14.6. The fraction of sp³-hybridized carbons (Fsp3) is 0.556. The number of carbonyl (C=O) groups excluding carboxylic acids is 4. The molecule has 2 fully saturated rings. The number of amides is 2. The molecule has 3 N–H and O–H groups in total. The zero-order valence-electron chi connectivity index (χ0n) is 34.4. The monoisotopic (exact) mass is 756 g/mol. The number of hydrogen-bond acceptors (Lipinski definition) is 8. The number of Topliss-reactive ketones (excluding diaryl/α,β-unsaturated/α-hetero) is 2. The number of ketones is 2. The van der Waals surface area contributed by atoms with Crippen molar-refractivity contribution in [3.05, 3.63) is 69.4 Å². The van der Waals surface area contributed by atoms with Gasteiger partial charge in [-0.3, -0.25) is 19.2 Å². The van der Waals surface area contributed by atoms with Crippen molar-refractivity contribution in [1.29, 1.82) is 0 Å². The Labute approximate surface area is 326 Å². The van der Waals surface area contributed by atoms with Crippen LogP contribution in [-0.4, -0.2) is 68.9 Å². The van der Waals surface area contributed by atoms with Crippen molar-refractivity contribution in [2.75, 3.05) is 6.54 Å². The van der Waals surface area contributed by atoms with E-state index in [1.807, 2.05) is 46.8 Å². The van der Waals surface area contributed by atoms with Gasteiger partial charge in [-0.25, -0.2) is 0 Å². The molecule has 1 aromatic carbocycles. The normalized spacial score (nSPS) is 28.1. The minimum Gasteiger partial charge on any atom is -0.506 e. The Bertz CT molecular complexity index is 1910. The van der Waals surface area contributed by atoms with E-state index in [1.165, 1.54) is 10.5 Å². The summed E-state index contributed by atoms with van der Waals surface area (Å²) in [5.41, 5.74) is 7.01. The number of likely N-dealkylation sites (tertiary alicyclic amines) is 1. The van der Waals surface area contributed by atoms with E-state index < -0.39 is 40.8 Å². The van der Waals surface area contributed by atoms with Gasteiger partial charge in [0.25, 0.3) is 0 Å². The predicted octanol–water partition coefficient (Wildman–Crippen LogP) is 8.05. The van der Waals surface area contributed by atoms with Gasteiger partial charge in [0.15, 0.2) is 11.6 Å². The third kappa shape index (κ3) is 8.39. The first-order valence-corrected chi connectivity index (χ1v) is 19.7. The maximum absolute atomic E-state index is 14.6. The Kier molecular flexibility index (Phi) is 12.1. The molecule has 55 heavy (non-hydrogen) atoms. The molecule has 5 atom stereocenters. The number of aromatic hydroxyl groups is 1. The second-order valence-corrected chi connectivity index (χ2v) is 17.1. The topological polar surface area (TPSA) is 145 Å². The number of primary amides is 1. The van der Waals surface area contributed by atoms with Crippen LogP contribution in [0.4, 0.5) is 0 Å². The fourth-order valence-electron chi connectivity index (χ4n) is 8.49. The van der Waals surface area contributed by atoms with E-state index in [0.717, 1.165) is 12.0 Å². The first-order valence-electron chi connectivity index (χ1n) is 19.7. The largest absolute Gasteiger partial charge is 0.506 e. The maximum Gasteiger partial charge on any atom is 0.249 e. The van der Waals surface area contributed by atoms with Crippen LogP contribution in [0.15, 0.2) is 52.7 Å². The first-order chi connectivity index (χ1) is 25.7. The van der Waals surface area contributed by atoms with Crippen LogP contribution in [0.2, 0.25) is 0 Å². The minimum atomic E-state index is -1.28. The SMILES string of the molecule is C/C=C1/C(=O)c2c(O)c3c(c(CC=C(C)C)c2OC1C1CCC(=O)C(C)(C/C=C(/C)C(=O)N2CCCC2C(N)=O)OC1(C)C)OC(C)(CCC=C(C)C)C=C3. The lowest BCUT2D eigenvalue weighted by Gasteiger charge is -2.44. The highest BCUT2D eigenvalue weighted by Crippen LogP contribution is 2.53. The standard InChI is InChI=1S/C45H60N2O8/c1-11-29-36(49)35-37(50)30-21-23-44(9,22-12-14-26(2)3)54-38(30)31(17-16-27(4)5)40(35)53-39(29)32-18-19-34(48)45(10,55-43(32,7)8)24-20-28(6)42(52)47-25-13-15-33(47)41(46)51/h11,14,16,20-21,23,32-33,39,50H,12-13,15,17-19,22,24-25H2,1-10H3,(H2,46,51)/b28-20-,29-11-. The van der Waals surface area contributed by atoms with E-state index >= 15 is 0 Å². The first kappa shape index (κ1) is 41.7. The van der Waals surface area contributed by atoms with Gasteiger partial charge >= 0.3 is 0 Å². The van der Waals surface area contributed by atoms with Crippen LogP contribution in [-0.2, 0) is 25.5 Å². The predicted molar refractivity (Wildman–Crippen MR) is 214 cm³/mol. The molecule has 4 heterocycles. The number of hydrogen-bond donors (Lipinski definition) is 2. The van der Waals surface area contributed by atoms with Crippen molar-refractivity contribution < 1.29 is 38.5 Å². The van der Waals surface area contributed by atoms with Crippen LogP contribution in [0.25, 0.3) is 6.08 Å². The third-order valence-corrected chi connectivity index (χ3v) is 11.7. The average molecular weight is 757 g/mol. The van der Waals surface area contributed by atoms with Crippen LogP contribution >= 0.6 is 0 Å². The molecule has 298 valence electrons. The number of nitrogens with two attached hydrogens (primary N) is 1. The summed E-state index contributed by atoms with van der Waals surface area (Å²) >= 11 is 0. The van der Waals surface area contributed by atoms with E-state index in [-0.39, 0.29) is 41.6 Å². The molecule has 0 aliphatic carbocycles. The summed E-state index contributed by atoms with van der Waals surface area (Å²) in [5, 5.41) is 11.8. The van der Waals surface area contributed by atoms with Gasteiger partial charge in [0.05, 0.1) is 11.2 Å². The molecule has 10 heteroatoms. The number of phenolic OH excluding ortho intramolecular Hbond substituents is 1. The van der Waals surface area contributed by atoms with Crippen molar-refractivity contribution in [3.63, 3.8) is 0 Å². The minimum absolute atomic E-state index is 0.108. The summed E-state index contributed by atoms with van der Waals surface area (Å²) in [6.07, 6.45) is 14.6. The van der Waals surface area contributed by atoms with E-state index in [9.17, 15) is 24.3 Å². The van der Waals surface area contributed by atoms with Crippen molar-refractivity contribution in [1.82, 2.24) is 4.90 Å². The van der Waals surface area contributed by atoms with Gasteiger partial charge in [-0.1, -0.05) is 35.5 Å². The average Bonchev–Trinajstić information content (AvgIpc) is 3.57. The molecule has 0 spiro atoms. The Morgan fingerprint density at radius 2 is 1.69 bits per heavy atom. The number of allylic oxidation sites excluding steroid dienone is 5. The van der Waals surface area contributed by atoms with Gasteiger partial charge in [0.2, 0.25) is 11.8 Å². The molecule has 4 aliphatic rings. The lowest BCUT2D eigenvalue weighted by Crippen LogP contribution is -2.50. The number of phenols is 1. The van der Waals surface area contributed by atoms with E-state index in [4.69, 9.17) is 19.9 Å². The Morgan fingerprint density at radius 1 is 1.00 bits per heavy atom. The van der Waals surface area contributed by atoms with Gasteiger partial charge < -0.3 is 30.0 Å². The lowest BCUT2D eigenvalue weighted by molar-refractivity contribution is -0.171. The number of carbonyl (C=O) groups is 4. The highest BCUT2D eigenvalue weighted by molar-refractivity contribution is 6.15. The molecular formula is C45H60N2O8. The van der Waals surface area contributed by atoms with Gasteiger partial charge in [-0.2, -0.15) is 0 Å². The molecule has 1 aromatic rings. The quantitative estimate of drug-likeness (QED) is 0.180. The van der Waals surface area contributed by atoms with Gasteiger partial charge in [0.1, 0.15) is 46.2 Å². The Balaban J connectivity index is 1.50. The molecule has 2 saturated heterocycles. The molecule has 5 unspecified atom stereocenters. The summed E-state index contributed by atoms with van der Waals surface area (Å²) in [7, 11) is 0. The molecule has 4 aliphatic heterocycles. The summed E-state index contributed by atoms with van der Waals surface area (Å²) in [5.74, 6) is -1.09. The lowest BCUT2D eigenvalue weighted by atomic mass is 9.76. The van der Waals surface area contributed by atoms with E-state index in [0.29, 0.717) is 72.4 Å². The fourth-order valence-corrected chi connectivity index (χ4v) is 8.49. The molecule has 2 amide bonds.